The molecule has 4 rings (SSSR count). The number of rotatable bonds is 4. The van der Waals surface area contributed by atoms with Crippen LogP contribution >= 0.6 is 0 Å². The van der Waals surface area contributed by atoms with Gasteiger partial charge in [-0.05, 0) is 18.2 Å². The van der Waals surface area contributed by atoms with Crippen molar-refractivity contribution < 1.29 is 9.34 Å². The summed E-state index contributed by atoms with van der Waals surface area (Å²) in [5.41, 5.74) is 1.89. The van der Waals surface area contributed by atoms with Crippen LogP contribution in [0.15, 0.2) is 53.1 Å². The van der Waals surface area contributed by atoms with Crippen LogP contribution in [-0.4, -0.2) is 24.5 Å². The normalized spacial score (nSPS) is 11.1. The molecule has 25 heavy (non-hydrogen) atoms. The molecule has 0 saturated heterocycles. The van der Waals surface area contributed by atoms with E-state index in [-0.39, 0.29) is 5.69 Å². The van der Waals surface area contributed by atoms with Gasteiger partial charge < -0.3 is 4.42 Å². The van der Waals surface area contributed by atoms with Crippen molar-refractivity contribution in [3.05, 3.63) is 64.7 Å². The first-order chi connectivity index (χ1) is 12.2. The Morgan fingerprint density at radius 3 is 2.80 bits per heavy atom. The molecule has 0 aliphatic carbocycles. The van der Waals surface area contributed by atoms with Gasteiger partial charge in [0.2, 0.25) is 0 Å². The van der Waals surface area contributed by atoms with Crippen molar-refractivity contribution in [2.45, 2.75) is 13.3 Å². The van der Waals surface area contributed by atoms with E-state index in [0.29, 0.717) is 40.7 Å². The third-order valence-corrected chi connectivity index (χ3v) is 3.80. The average molecular weight is 335 g/mol. The van der Waals surface area contributed by atoms with Crippen molar-refractivity contribution in [1.29, 1.82) is 0 Å². The Kier molecular flexibility index (Phi) is 3.50. The minimum Gasteiger partial charge on any atom is -0.463 e. The molecule has 124 valence electrons. The fourth-order valence-corrected chi connectivity index (χ4v) is 2.59. The molecule has 0 radical (unpaired) electrons. The largest absolute Gasteiger partial charge is 0.463 e. The van der Waals surface area contributed by atoms with E-state index in [0.717, 1.165) is 0 Å². The van der Waals surface area contributed by atoms with E-state index >= 15 is 0 Å². The molecule has 3 heterocycles. The summed E-state index contributed by atoms with van der Waals surface area (Å²) in [7, 11) is 0. The van der Waals surface area contributed by atoms with Crippen LogP contribution in [0.25, 0.3) is 28.5 Å². The summed E-state index contributed by atoms with van der Waals surface area (Å²) in [6, 6.07) is 11.7. The second kappa shape index (κ2) is 5.82. The Hall–Kier alpha value is -3.55. The molecule has 1 aromatic carbocycles. The fourth-order valence-electron chi connectivity index (χ4n) is 2.59. The molecule has 0 bridgehead atoms. The van der Waals surface area contributed by atoms with Gasteiger partial charge in [-0.1, -0.05) is 19.1 Å². The number of aryl methyl sites for hydroxylation is 1. The van der Waals surface area contributed by atoms with Gasteiger partial charge in [-0.25, -0.2) is 4.98 Å². The lowest BCUT2D eigenvalue weighted by atomic mass is 10.1. The Bertz CT molecular complexity index is 1070. The first-order valence-electron chi connectivity index (χ1n) is 7.71. The number of nitro groups is 1. The zero-order valence-electron chi connectivity index (χ0n) is 13.3. The van der Waals surface area contributed by atoms with Crippen LogP contribution in [-0.2, 0) is 6.42 Å². The minimum atomic E-state index is -0.429. The van der Waals surface area contributed by atoms with Gasteiger partial charge in [-0.3, -0.25) is 10.1 Å². The maximum Gasteiger partial charge on any atom is 0.270 e. The van der Waals surface area contributed by atoms with E-state index in [4.69, 9.17) is 4.42 Å². The predicted octanol–water partition coefficient (Wildman–Crippen LogP) is 3.52. The number of aromatic nitrogens is 4. The lowest BCUT2D eigenvalue weighted by Gasteiger charge is -2.05. The molecule has 0 aliphatic rings. The summed E-state index contributed by atoms with van der Waals surface area (Å²) < 4.78 is 7.12. The zero-order valence-corrected chi connectivity index (χ0v) is 13.3. The van der Waals surface area contributed by atoms with Gasteiger partial charge in [-0.15, -0.1) is 5.10 Å². The molecule has 0 fully saturated rings. The highest BCUT2D eigenvalue weighted by Gasteiger charge is 2.16. The third-order valence-electron chi connectivity index (χ3n) is 3.80. The van der Waals surface area contributed by atoms with Crippen molar-refractivity contribution in [3.8, 4) is 22.7 Å². The van der Waals surface area contributed by atoms with Gasteiger partial charge in [0.1, 0.15) is 5.69 Å². The van der Waals surface area contributed by atoms with Crippen molar-refractivity contribution in [3.63, 3.8) is 0 Å². The molecular formula is C17H13N5O3. The lowest BCUT2D eigenvalue weighted by molar-refractivity contribution is -0.384. The van der Waals surface area contributed by atoms with Gasteiger partial charge >= 0.3 is 0 Å². The van der Waals surface area contributed by atoms with Crippen LogP contribution in [0.1, 0.15) is 12.7 Å². The van der Waals surface area contributed by atoms with Crippen molar-refractivity contribution in [1.82, 2.24) is 19.6 Å². The summed E-state index contributed by atoms with van der Waals surface area (Å²) in [6.45, 7) is 1.96. The molecule has 3 aromatic heterocycles. The third kappa shape index (κ3) is 2.63. The average Bonchev–Trinajstić information content (AvgIpc) is 3.30. The van der Waals surface area contributed by atoms with Gasteiger partial charge in [0.15, 0.2) is 11.6 Å². The molecule has 0 unspecified atom stereocenters. The van der Waals surface area contributed by atoms with E-state index in [1.54, 1.807) is 35.0 Å². The standard InChI is InChI=1S/C17H13N5O3/c1-2-16-19-17-18-13(11-5-3-6-12(9-11)22(23)24)10-14(21(17)20-16)15-7-4-8-25-15/h3-10H,2H2,1H3. The highest BCUT2D eigenvalue weighted by atomic mass is 16.6. The first kappa shape index (κ1) is 15.0. The Morgan fingerprint density at radius 1 is 1.20 bits per heavy atom. The number of nitrogens with zero attached hydrogens (tertiary/aromatic N) is 5. The van der Waals surface area contributed by atoms with Crippen molar-refractivity contribution in [2.24, 2.45) is 0 Å². The van der Waals surface area contributed by atoms with Gasteiger partial charge in [0, 0.05) is 24.1 Å². The van der Waals surface area contributed by atoms with Crippen LogP contribution in [0.3, 0.4) is 0 Å². The molecule has 0 spiro atoms. The maximum absolute atomic E-state index is 11.0. The zero-order chi connectivity index (χ0) is 17.4. The first-order valence-corrected chi connectivity index (χ1v) is 7.71. The van der Waals surface area contributed by atoms with Crippen molar-refractivity contribution >= 4 is 11.5 Å². The number of benzene rings is 1. The van der Waals surface area contributed by atoms with E-state index in [1.165, 1.54) is 12.1 Å². The molecule has 0 aliphatic heterocycles. The van der Waals surface area contributed by atoms with E-state index in [9.17, 15) is 10.1 Å². The summed E-state index contributed by atoms with van der Waals surface area (Å²) in [5, 5.41) is 15.5. The number of non-ortho nitro benzene ring substituents is 1. The SMILES string of the molecule is CCc1nc2nc(-c3cccc([N+](=O)[O-])c3)cc(-c3ccco3)n2n1. The van der Waals surface area contributed by atoms with Crippen LogP contribution in [0.4, 0.5) is 5.69 Å². The molecule has 0 N–H and O–H groups in total. The summed E-state index contributed by atoms with van der Waals surface area (Å²) >= 11 is 0. The highest BCUT2D eigenvalue weighted by molar-refractivity contribution is 5.69. The number of fused-ring (bicyclic) bond motifs is 1. The molecule has 0 atom stereocenters. The summed E-state index contributed by atoms with van der Waals surface area (Å²) in [6.07, 6.45) is 2.25. The number of hydrogen-bond donors (Lipinski definition) is 0. The number of hydrogen-bond acceptors (Lipinski definition) is 6. The molecule has 8 heteroatoms. The van der Waals surface area contributed by atoms with E-state index in [2.05, 4.69) is 15.1 Å². The van der Waals surface area contributed by atoms with E-state index in [1.807, 2.05) is 13.0 Å². The molecule has 8 nitrogen and oxygen atoms in total. The quantitative estimate of drug-likeness (QED) is 0.418. The summed E-state index contributed by atoms with van der Waals surface area (Å²) in [5.74, 6) is 1.70. The predicted molar refractivity (Wildman–Crippen MR) is 90.0 cm³/mol. The summed E-state index contributed by atoms with van der Waals surface area (Å²) in [4.78, 5) is 19.5. The Labute approximate surface area is 141 Å². The second-order valence-corrected chi connectivity index (χ2v) is 5.40. The van der Waals surface area contributed by atoms with Crippen LogP contribution in [0.5, 0.6) is 0 Å². The van der Waals surface area contributed by atoms with Crippen LogP contribution in [0, 0.1) is 10.1 Å². The number of nitro benzene ring substituents is 1. The van der Waals surface area contributed by atoms with Crippen LogP contribution in [0.2, 0.25) is 0 Å². The molecule has 0 saturated carbocycles. The molecular weight excluding hydrogens is 322 g/mol. The molecule has 4 aromatic rings. The fraction of sp³-hybridized carbons (Fsp3) is 0.118. The number of furan rings is 1. The second-order valence-electron chi connectivity index (χ2n) is 5.40. The van der Waals surface area contributed by atoms with Gasteiger partial charge in [-0.2, -0.15) is 9.50 Å². The smallest absolute Gasteiger partial charge is 0.270 e. The lowest BCUT2D eigenvalue weighted by Crippen LogP contribution is -1.98. The Morgan fingerprint density at radius 2 is 2.08 bits per heavy atom. The highest BCUT2D eigenvalue weighted by Crippen LogP contribution is 2.28. The van der Waals surface area contributed by atoms with Gasteiger partial charge in [0.05, 0.1) is 16.9 Å². The maximum atomic E-state index is 11.0. The molecule has 0 amide bonds. The minimum absolute atomic E-state index is 0.00874. The van der Waals surface area contributed by atoms with E-state index < -0.39 is 4.92 Å². The van der Waals surface area contributed by atoms with Gasteiger partial charge in [0.25, 0.3) is 11.5 Å². The van der Waals surface area contributed by atoms with Crippen LogP contribution < -0.4 is 0 Å². The Balaban J connectivity index is 1.96. The topological polar surface area (TPSA) is 99.4 Å². The monoisotopic (exact) mass is 335 g/mol. The van der Waals surface area contributed by atoms with Crippen molar-refractivity contribution in [2.75, 3.05) is 0 Å².